The van der Waals surface area contributed by atoms with Crippen LogP contribution in [-0.4, -0.2) is 40.1 Å². The fraction of sp³-hybridized carbons (Fsp3) is 0.355. The van der Waals surface area contributed by atoms with E-state index in [1.54, 1.807) is 0 Å². The van der Waals surface area contributed by atoms with Crippen LogP contribution in [0.25, 0.3) is 11.1 Å². The van der Waals surface area contributed by atoms with Gasteiger partial charge in [-0.3, -0.25) is 0 Å². The van der Waals surface area contributed by atoms with Crippen LogP contribution in [0.2, 0.25) is 5.02 Å². The van der Waals surface area contributed by atoms with Crippen molar-refractivity contribution < 1.29 is 32.5 Å². The SMILES string of the molecule is COCC1c2c(cc(F)c(Cl)c2-c2c(C#N)ccc(OC)c2F)OC1(c1ccccc1)C(NC(=O)OC)C(C)(C)C. The van der Waals surface area contributed by atoms with Crippen molar-refractivity contribution in [3.8, 4) is 28.7 Å². The molecule has 10 heteroatoms. The van der Waals surface area contributed by atoms with Crippen LogP contribution in [0.15, 0.2) is 48.5 Å². The number of hydrogen-bond donors (Lipinski definition) is 1. The van der Waals surface area contributed by atoms with Gasteiger partial charge >= 0.3 is 6.09 Å². The zero-order valence-corrected chi connectivity index (χ0v) is 24.4. The zero-order chi connectivity index (χ0) is 30.1. The Morgan fingerprint density at radius 1 is 1.15 bits per heavy atom. The third kappa shape index (κ3) is 5.07. The van der Waals surface area contributed by atoms with Crippen LogP contribution in [0.1, 0.15) is 43.4 Å². The first-order valence-corrected chi connectivity index (χ1v) is 13.2. The average molecular weight is 585 g/mol. The number of benzene rings is 3. The summed E-state index contributed by atoms with van der Waals surface area (Å²) in [5, 5.41) is 12.5. The molecular formula is C31H31ClF2N2O5. The number of nitrogens with one attached hydrogen (secondary N) is 1. The van der Waals surface area contributed by atoms with Gasteiger partial charge in [-0.25, -0.2) is 13.6 Å². The lowest BCUT2D eigenvalue weighted by atomic mass is 9.66. The molecule has 1 N–H and O–H groups in total. The van der Waals surface area contributed by atoms with Crippen molar-refractivity contribution in [3.05, 3.63) is 81.9 Å². The molecule has 0 bridgehead atoms. The lowest BCUT2D eigenvalue weighted by molar-refractivity contribution is -0.0359. The summed E-state index contributed by atoms with van der Waals surface area (Å²) in [4.78, 5) is 12.7. The number of halogens is 3. The van der Waals surface area contributed by atoms with Crippen molar-refractivity contribution >= 4 is 17.7 Å². The fourth-order valence-corrected chi connectivity index (χ4v) is 5.97. The average Bonchev–Trinajstić information content (AvgIpc) is 3.26. The maximum atomic E-state index is 16.0. The van der Waals surface area contributed by atoms with Gasteiger partial charge in [0.25, 0.3) is 0 Å². The number of nitriles is 1. The molecule has 3 aromatic rings. The van der Waals surface area contributed by atoms with Crippen LogP contribution in [0, 0.1) is 28.4 Å². The van der Waals surface area contributed by atoms with Crippen LogP contribution in [0.4, 0.5) is 13.6 Å². The summed E-state index contributed by atoms with van der Waals surface area (Å²) in [5.74, 6) is -2.62. The topological polar surface area (TPSA) is 89.8 Å². The van der Waals surface area contributed by atoms with Gasteiger partial charge in [-0.05, 0) is 23.1 Å². The van der Waals surface area contributed by atoms with E-state index in [0.717, 1.165) is 6.07 Å². The standard InChI is InChI=1S/C31H31ClF2N2O5/c1-30(2,3)28(36-29(37)40-6)31(18-10-8-7-9-11-18)19(16-38-4)24-22(41-31)14-20(33)26(32)25(24)23-17(15-35)12-13-21(39-5)27(23)34/h7-14,19,28H,16H2,1-6H3,(H,36,37). The zero-order valence-electron chi connectivity index (χ0n) is 23.6. The first-order chi connectivity index (χ1) is 19.5. The predicted molar refractivity (Wildman–Crippen MR) is 150 cm³/mol. The van der Waals surface area contributed by atoms with Crippen molar-refractivity contribution in [2.75, 3.05) is 27.9 Å². The maximum absolute atomic E-state index is 16.0. The third-order valence-corrected chi connectivity index (χ3v) is 7.73. The molecule has 3 atom stereocenters. The Morgan fingerprint density at radius 3 is 2.39 bits per heavy atom. The van der Waals surface area contributed by atoms with E-state index in [0.29, 0.717) is 11.1 Å². The Kier molecular flexibility index (Phi) is 8.48. The normalized spacial score (nSPS) is 18.6. The van der Waals surface area contributed by atoms with Gasteiger partial charge in [0.1, 0.15) is 11.6 Å². The fourth-order valence-electron chi connectivity index (χ4n) is 5.71. The molecule has 4 rings (SSSR count). The molecule has 41 heavy (non-hydrogen) atoms. The number of alkyl carbamates (subject to hydrolysis) is 1. The molecule has 0 fully saturated rings. The molecule has 7 nitrogen and oxygen atoms in total. The highest BCUT2D eigenvalue weighted by atomic mass is 35.5. The summed E-state index contributed by atoms with van der Waals surface area (Å²) >= 11 is 6.61. The number of rotatable bonds is 7. The van der Waals surface area contributed by atoms with Gasteiger partial charge < -0.3 is 24.3 Å². The van der Waals surface area contributed by atoms with E-state index >= 15 is 8.78 Å². The van der Waals surface area contributed by atoms with E-state index in [1.807, 2.05) is 57.2 Å². The summed E-state index contributed by atoms with van der Waals surface area (Å²) < 4.78 is 54.2. The molecule has 0 radical (unpaired) electrons. The number of hydrogen-bond acceptors (Lipinski definition) is 6. The number of carbonyl (C=O) groups excluding carboxylic acids is 1. The molecule has 1 heterocycles. The highest BCUT2D eigenvalue weighted by molar-refractivity contribution is 6.34. The molecule has 0 saturated heterocycles. The number of nitrogens with zero attached hydrogens (tertiary/aromatic N) is 1. The summed E-state index contributed by atoms with van der Waals surface area (Å²) in [7, 11) is 4.03. The van der Waals surface area contributed by atoms with Gasteiger partial charge in [-0.15, -0.1) is 0 Å². The third-order valence-electron chi connectivity index (χ3n) is 7.36. The molecule has 0 spiro atoms. The predicted octanol–water partition coefficient (Wildman–Crippen LogP) is 6.95. The Bertz CT molecular complexity index is 1500. The lowest BCUT2D eigenvalue weighted by Crippen LogP contribution is -2.61. The molecule has 0 aromatic heterocycles. The molecule has 216 valence electrons. The van der Waals surface area contributed by atoms with E-state index in [-0.39, 0.29) is 34.8 Å². The summed E-state index contributed by atoms with van der Waals surface area (Å²) in [6.07, 6.45) is -0.703. The van der Waals surface area contributed by atoms with Crippen molar-refractivity contribution in [1.29, 1.82) is 5.26 Å². The van der Waals surface area contributed by atoms with E-state index in [1.165, 1.54) is 33.5 Å². The van der Waals surface area contributed by atoms with Crippen molar-refractivity contribution in [2.45, 2.75) is 38.3 Å². The second kappa shape index (κ2) is 11.6. The monoisotopic (exact) mass is 584 g/mol. The van der Waals surface area contributed by atoms with Crippen LogP contribution in [0.3, 0.4) is 0 Å². The molecule has 0 saturated carbocycles. The minimum Gasteiger partial charge on any atom is -0.494 e. The minimum absolute atomic E-state index is 0.000235. The van der Waals surface area contributed by atoms with Gasteiger partial charge in [-0.2, -0.15) is 5.26 Å². The molecule has 1 aliphatic rings. The van der Waals surface area contributed by atoms with Crippen LogP contribution < -0.4 is 14.8 Å². The van der Waals surface area contributed by atoms with E-state index in [9.17, 15) is 10.1 Å². The Hall–Kier alpha value is -3.87. The summed E-state index contributed by atoms with van der Waals surface area (Å²) in [6.45, 7) is 5.75. The number of carbonyl (C=O) groups is 1. The van der Waals surface area contributed by atoms with Gasteiger partial charge in [0, 0.05) is 29.9 Å². The minimum atomic E-state index is -1.42. The van der Waals surface area contributed by atoms with Crippen molar-refractivity contribution in [3.63, 3.8) is 0 Å². The molecule has 0 aliphatic carbocycles. The maximum Gasteiger partial charge on any atom is 0.407 e. The number of amides is 1. The first-order valence-electron chi connectivity index (χ1n) is 12.8. The second-order valence-electron chi connectivity index (χ2n) is 10.8. The molecule has 1 amide bonds. The number of methoxy groups -OCH3 is 3. The second-order valence-corrected chi connectivity index (χ2v) is 11.2. The van der Waals surface area contributed by atoms with E-state index in [2.05, 4.69) is 5.32 Å². The number of fused-ring (bicyclic) bond motifs is 1. The Morgan fingerprint density at radius 2 is 1.83 bits per heavy atom. The quantitative estimate of drug-likeness (QED) is 0.323. The Balaban J connectivity index is 2.16. The Labute approximate surface area is 242 Å². The molecule has 3 unspecified atom stereocenters. The first kappa shape index (κ1) is 30.1. The summed E-state index contributed by atoms with van der Waals surface area (Å²) in [6, 6.07) is 14.1. The van der Waals surface area contributed by atoms with Crippen LogP contribution in [0.5, 0.6) is 11.5 Å². The van der Waals surface area contributed by atoms with Crippen molar-refractivity contribution in [2.24, 2.45) is 5.41 Å². The molecule has 1 aliphatic heterocycles. The lowest BCUT2D eigenvalue weighted by Gasteiger charge is -2.47. The van der Waals surface area contributed by atoms with Crippen LogP contribution >= 0.6 is 11.6 Å². The van der Waals surface area contributed by atoms with Gasteiger partial charge in [0.2, 0.25) is 0 Å². The summed E-state index contributed by atoms with van der Waals surface area (Å²) in [5.41, 5.74) is -1.48. The molecular weight excluding hydrogens is 554 g/mol. The van der Waals surface area contributed by atoms with Gasteiger partial charge in [0.05, 0.1) is 49.4 Å². The largest absolute Gasteiger partial charge is 0.494 e. The van der Waals surface area contributed by atoms with Crippen molar-refractivity contribution in [1.82, 2.24) is 5.32 Å². The van der Waals surface area contributed by atoms with Gasteiger partial charge in [0.15, 0.2) is 17.2 Å². The highest BCUT2D eigenvalue weighted by Gasteiger charge is 2.60. The van der Waals surface area contributed by atoms with E-state index in [4.69, 9.17) is 30.5 Å². The number of ether oxygens (including phenoxy) is 4. The van der Waals surface area contributed by atoms with E-state index < -0.39 is 45.7 Å². The van der Waals surface area contributed by atoms with Gasteiger partial charge in [-0.1, -0.05) is 62.7 Å². The smallest absolute Gasteiger partial charge is 0.407 e. The van der Waals surface area contributed by atoms with Crippen LogP contribution in [-0.2, 0) is 15.1 Å². The molecule has 3 aromatic carbocycles. The highest BCUT2D eigenvalue weighted by Crippen LogP contribution is 2.59.